The summed E-state index contributed by atoms with van der Waals surface area (Å²) in [5.41, 5.74) is 0.0758. The fourth-order valence-electron chi connectivity index (χ4n) is 2.66. The van der Waals surface area contributed by atoms with Crippen LogP contribution in [0, 0.1) is 11.6 Å². The summed E-state index contributed by atoms with van der Waals surface area (Å²) in [5, 5.41) is 1.79. The number of hydrogen-bond donors (Lipinski definition) is 1. The standard InChI is InChI=1S/C21H19F2NO6S/c1-11(25)24-19(20(27)29-3)10-31-21(28)17-9-14(30-12(2)26)5-7-15(17)16-6-4-13(22)8-18(16)23/h4-9,19H,10H2,1-3H3,(H,24,25)/t19-/m0/s1. The molecular weight excluding hydrogens is 432 g/mol. The van der Waals surface area contributed by atoms with Crippen molar-refractivity contribution in [2.24, 2.45) is 0 Å². The summed E-state index contributed by atoms with van der Waals surface area (Å²) in [6.45, 7) is 2.39. The highest BCUT2D eigenvalue weighted by Crippen LogP contribution is 2.32. The van der Waals surface area contributed by atoms with E-state index in [0.717, 1.165) is 13.2 Å². The molecule has 31 heavy (non-hydrogen) atoms. The number of nitrogens with one attached hydrogen (secondary N) is 1. The van der Waals surface area contributed by atoms with Crippen LogP contribution in [0.2, 0.25) is 0 Å². The highest BCUT2D eigenvalue weighted by atomic mass is 32.2. The van der Waals surface area contributed by atoms with Gasteiger partial charge in [-0.3, -0.25) is 14.4 Å². The number of benzene rings is 2. The minimum atomic E-state index is -1.08. The zero-order valence-corrected chi connectivity index (χ0v) is 17.7. The Hall–Kier alpha value is -3.27. The molecule has 0 spiro atoms. The average molecular weight is 451 g/mol. The van der Waals surface area contributed by atoms with Crippen molar-refractivity contribution in [1.82, 2.24) is 5.32 Å². The number of carbonyl (C=O) groups excluding carboxylic acids is 4. The Morgan fingerprint density at radius 1 is 1.03 bits per heavy atom. The van der Waals surface area contributed by atoms with Crippen molar-refractivity contribution >= 4 is 34.7 Å². The molecule has 10 heteroatoms. The molecule has 0 saturated carbocycles. The van der Waals surface area contributed by atoms with Crippen molar-refractivity contribution in [3.63, 3.8) is 0 Å². The van der Waals surface area contributed by atoms with Crippen molar-refractivity contribution in [3.8, 4) is 16.9 Å². The van der Waals surface area contributed by atoms with Crippen molar-refractivity contribution in [2.75, 3.05) is 12.9 Å². The molecular formula is C21H19F2NO6S. The van der Waals surface area contributed by atoms with Crippen molar-refractivity contribution in [1.29, 1.82) is 0 Å². The smallest absolute Gasteiger partial charge is 0.329 e. The summed E-state index contributed by atoms with van der Waals surface area (Å²) in [5.74, 6) is -3.63. The maximum atomic E-state index is 14.3. The second-order valence-corrected chi connectivity index (χ2v) is 7.29. The number of amides is 1. The van der Waals surface area contributed by atoms with E-state index in [-0.39, 0.29) is 28.2 Å². The molecule has 0 heterocycles. The lowest BCUT2D eigenvalue weighted by Gasteiger charge is -2.16. The van der Waals surface area contributed by atoms with Crippen molar-refractivity contribution in [3.05, 3.63) is 53.6 Å². The fraction of sp³-hybridized carbons (Fsp3) is 0.238. The van der Waals surface area contributed by atoms with Gasteiger partial charge in [0.05, 0.1) is 7.11 Å². The predicted octanol–water partition coefficient (Wildman–Crippen LogP) is 3.11. The molecule has 0 aliphatic heterocycles. The van der Waals surface area contributed by atoms with Gasteiger partial charge in [0.15, 0.2) is 0 Å². The monoisotopic (exact) mass is 451 g/mol. The maximum Gasteiger partial charge on any atom is 0.329 e. The highest BCUT2D eigenvalue weighted by Gasteiger charge is 2.24. The van der Waals surface area contributed by atoms with Gasteiger partial charge in [-0.15, -0.1) is 0 Å². The summed E-state index contributed by atoms with van der Waals surface area (Å²) >= 11 is 0.677. The van der Waals surface area contributed by atoms with Gasteiger partial charge < -0.3 is 14.8 Å². The Morgan fingerprint density at radius 2 is 1.71 bits per heavy atom. The van der Waals surface area contributed by atoms with E-state index in [2.05, 4.69) is 10.1 Å². The first-order chi connectivity index (χ1) is 14.6. The number of ether oxygens (including phenoxy) is 2. The molecule has 1 N–H and O–H groups in total. The lowest BCUT2D eigenvalue weighted by Crippen LogP contribution is -2.42. The van der Waals surface area contributed by atoms with Gasteiger partial charge in [-0.05, 0) is 35.9 Å². The Balaban J connectivity index is 2.40. The number of rotatable bonds is 7. The summed E-state index contributed by atoms with van der Waals surface area (Å²) in [6.07, 6.45) is 0. The zero-order valence-electron chi connectivity index (χ0n) is 16.9. The van der Waals surface area contributed by atoms with E-state index < -0.39 is 40.6 Å². The molecule has 0 aromatic heterocycles. The molecule has 0 bridgehead atoms. The van der Waals surface area contributed by atoms with E-state index in [4.69, 9.17) is 4.74 Å². The minimum Gasteiger partial charge on any atom is -0.467 e. The van der Waals surface area contributed by atoms with Crippen LogP contribution in [-0.2, 0) is 19.1 Å². The van der Waals surface area contributed by atoms with Crippen LogP contribution >= 0.6 is 11.8 Å². The quantitative estimate of drug-likeness (QED) is 0.510. The van der Waals surface area contributed by atoms with Crippen LogP contribution in [0.4, 0.5) is 8.78 Å². The van der Waals surface area contributed by atoms with Gasteiger partial charge in [-0.25, -0.2) is 13.6 Å². The van der Waals surface area contributed by atoms with Crippen LogP contribution in [0.1, 0.15) is 24.2 Å². The topological polar surface area (TPSA) is 98.8 Å². The molecule has 2 aromatic rings. The Bertz CT molecular complexity index is 1030. The van der Waals surface area contributed by atoms with E-state index in [1.54, 1.807) is 0 Å². The van der Waals surface area contributed by atoms with E-state index in [1.165, 1.54) is 38.1 Å². The summed E-state index contributed by atoms with van der Waals surface area (Å²) in [4.78, 5) is 47.3. The number of halogens is 2. The zero-order chi connectivity index (χ0) is 23.1. The van der Waals surface area contributed by atoms with Crippen LogP contribution in [0.25, 0.3) is 11.1 Å². The van der Waals surface area contributed by atoms with Gasteiger partial charge >= 0.3 is 11.9 Å². The van der Waals surface area contributed by atoms with Crippen LogP contribution in [-0.4, -0.2) is 41.9 Å². The van der Waals surface area contributed by atoms with Crippen LogP contribution in [0.15, 0.2) is 36.4 Å². The average Bonchev–Trinajstić information content (AvgIpc) is 2.70. The Kier molecular flexibility index (Phi) is 8.26. The number of carbonyl (C=O) groups is 4. The van der Waals surface area contributed by atoms with Crippen LogP contribution < -0.4 is 10.1 Å². The normalized spacial score (nSPS) is 11.4. The molecule has 164 valence electrons. The van der Waals surface area contributed by atoms with Gasteiger partial charge in [0, 0.05) is 36.8 Å². The molecule has 0 saturated heterocycles. The van der Waals surface area contributed by atoms with Crippen LogP contribution in [0.3, 0.4) is 0 Å². The molecule has 0 fully saturated rings. The minimum absolute atomic E-state index is 0.0271. The van der Waals surface area contributed by atoms with E-state index >= 15 is 0 Å². The molecule has 0 aliphatic rings. The lowest BCUT2D eigenvalue weighted by molar-refractivity contribution is -0.144. The molecule has 0 aliphatic carbocycles. The van der Waals surface area contributed by atoms with Gasteiger partial charge in [0.25, 0.3) is 0 Å². The van der Waals surface area contributed by atoms with E-state index in [9.17, 15) is 28.0 Å². The summed E-state index contributed by atoms with van der Waals surface area (Å²) in [7, 11) is 1.14. The van der Waals surface area contributed by atoms with Crippen LogP contribution in [0.5, 0.6) is 5.75 Å². The lowest BCUT2D eigenvalue weighted by atomic mass is 9.99. The van der Waals surface area contributed by atoms with Crippen molar-refractivity contribution in [2.45, 2.75) is 19.9 Å². The van der Waals surface area contributed by atoms with Crippen molar-refractivity contribution < 1.29 is 37.4 Å². The molecule has 0 unspecified atom stereocenters. The second kappa shape index (κ2) is 10.7. The summed E-state index contributed by atoms with van der Waals surface area (Å²) in [6, 6.07) is 5.81. The van der Waals surface area contributed by atoms with Gasteiger partial charge in [-0.2, -0.15) is 0 Å². The molecule has 2 rings (SSSR count). The number of esters is 2. The summed E-state index contributed by atoms with van der Waals surface area (Å²) < 4.78 is 37.3. The third-order valence-corrected chi connectivity index (χ3v) is 4.92. The molecule has 1 atom stereocenters. The second-order valence-electron chi connectivity index (χ2n) is 6.30. The highest BCUT2D eigenvalue weighted by molar-refractivity contribution is 8.14. The number of hydrogen-bond acceptors (Lipinski definition) is 7. The largest absolute Gasteiger partial charge is 0.467 e. The van der Waals surface area contributed by atoms with E-state index in [0.29, 0.717) is 17.8 Å². The first kappa shape index (κ1) is 24.0. The first-order valence-electron chi connectivity index (χ1n) is 8.92. The Morgan fingerprint density at radius 3 is 2.29 bits per heavy atom. The van der Waals surface area contributed by atoms with Gasteiger partial charge in [0.1, 0.15) is 23.4 Å². The fourth-order valence-corrected chi connectivity index (χ4v) is 3.52. The molecule has 7 nitrogen and oxygen atoms in total. The molecule has 1 amide bonds. The molecule has 2 aromatic carbocycles. The number of methoxy groups -OCH3 is 1. The van der Waals surface area contributed by atoms with Gasteiger partial charge in [-0.1, -0.05) is 11.8 Å². The third kappa shape index (κ3) is 6.61. The maximum absolute atomic E-state index is 14.3. The molecule has 0 radical (unpaired) electrons. The van der Waals surface area contributed by atoms with E-state index in [1.807, 2.05) is 0 Å². The number of thioether (sulfide) groups is 1. The SMILES string of the molecule is COC(=O)[C@H](CSC(=O)c1cc(OC(C)=O)ccc1-c1ccc(F)cc1F)NC(C)=O. The third-order valence-electron chi connectivity index (χ3n) is 3.94. The van der Waals surface area contributed by atoms with Gasteiger partial charge in [0.2, 0.25) is 11.0 Å². The first-order valence-corrected chi connectivity index (χ1v) is 9.91. The predicted molar refractivity (Wildman–Crippen MR) is 110 cm³/mol. The Labute approximate surface area is 181 Å².